The quantitative estimate of drug-likeness (QED) is 0.660. The summed E-state index contributed by atoms with van der Waals surface area (Å²) in [7, 11) is 4.12. The Morgan fingerprint density at radius 1 is 1.17 bits per heavy atom. The van der Waals surface area contributed by atoms with Crippen LogP contribution in [-0.2, 0) is 0 Å². The maximum absolute atomic E-state index is 2.17. The lowest BCUT2D eigenvalue weighted by atomic mass is 10.3. The van der Waals surface area contributed by atoms with Crippen LogP contribution in [0.4, 0.5) is 5.69 Å². The fourth-order valence-corrected chi connectivity index (χ4v) is 1.67. The summed E-state index contributed by atoms with van der Waals surface area (Å²) in [6.45, 7) is 2.17. The van der Waals surface area contributed by atoms with Crippen LogP contribution in [0, 0.1) is 0 Å². The molecule has 1 aromatic rings. The third-order valence-corrected chi connectivity index (χ3v) is 2.56. The van der Waals surface area contributed by atoms with Crippen molar-refractivity contribution in [2.45, 2.75) is 11.8 Å². The number of thioether (sulfide) groups is 1. The van der Waals surface area contributed by atoms with Crippen LogP contribution in [0.5, 0.6) is 0 Å². The van der Waals surface area contributed by atoms with Gasteiger partial charge in [0.25, 0.3) is 0 Å². The molecule has 0 aliphatic carbocycles. The minimum atomic E-state index is 1.14. The summed E-state index contributed by atoms with van der Waals surface area (Å²) in [5.41, 5.74) is 1.26. The van der Waals surface area contributed by atoms with E-state index in [1.165, 1.54) is 10.6 Å². The van der Waals surface area contributed by atoms with Gasteiger partial charge in [-0.05, 0) is 30.0 Å². The minimum Gasteiger partial charge on any atom is -0.378 e. The van der Waals surface area contributed by atoms with Crippen molar-refractivity contribution in [3.63, 3.8) is 0 Å². The molecule has 0 aliphatic heterocycles. The van der Waals surface area contributed by atoms with E-state index < -0.39 is 0 Å². The minimum absolute atomic E-state index is 1.14. The number of nitrogens with zero attached hydrogens (tertiary/aromatic N) is 1. The van der Waals surface area contributed by atoms with Gasteiger partial charge in [0.05, 0.1) is 0 Å². The lowest BCUT2D eigenvalue weighted by Gasteiger charge is -2.12. The normalized spacial score (nSPS) is 9.92. The second-order valence-electron chi connectivity index (χ2n) is 2.82. The Balaban J connectivity index is 2.71. The van der Waals surface area contributed by atoms with Gasteiger partial charge in [0.1, 0.15) is 0 Å². The molecular weight excluding hydrogens is 166 g/mol. The van der Waals surface area contributed by atoms with Crippen molar-refractivity contribution in [3.05, 3.63) is 24.3 Å². The van der Waals surface area contributed by atoms with Crippen LogP contribution in [-0.4, -0.2) is 19.8 Å². The lowest BCUT2D eigenvalue weighted by Crippen LogP contribution is -2.07. The first kappa shape index (κ1) is 9.46. The molecule has 0 heterocycles. The Hall–Kier alpha value is -0.630. The summed E-state index contributed by atoms with van der Waals surface area (Å²) in [6.07, 6.45) is 0. The zero-order valence-electron chi connectivity index (χ0n) is 7.87. The van der Waals surface area contributed by atoms with Gasteiger partial charge in [0, 0.05) is 24.7 Å². The summed E-state index contributed by atoms with van der Waals surface area (Å²) in [4.78, 5) is 3.46. The highest BCUT2D eigenvalue weighted by atomic mass is 32.2. The molecule has 12 heavy (non-hydrogen) atoms. The fourth-order valence-electron chi connectivity index (χ4n) is 1.01. The van der Waals surface area contributed by atoms with Crippen molar-refractivity contribution in [3.8, 4) is 0 Å². The van der Waals surface area contributed by atoms with Gasteiger partial charge in [0.15, 0.2) is 0 Å². The average Bonchev–Trinajstić information content (AvgIpc) is 2.06. The largest absolute Gasteiger partial charge is 0.378 e. The van der Waals surface area contributed by atoms with E-state index in [0.717, 1.165) is 5.75 Å². The maximum Gasteiger partial charge on any atom is 0.0361 e. The van der Waals surface area contributed by atoms with Crippen molar-refractivity contribution < 1.29 is 0 Å². The topological polar surface area (TPSA) is 3.24 Å². The molecule has 1 nitrogen and oxygen atoms in total. The number of benzene rings is 1. The molecule has 1 rings (SSSR count). The third kappa shape index (κ3) is 2.45. The number of rotatable bonds is 3. The molecule has 0 bridgehead atoms. The van der Waals surface area contributed by atoms with Crippen LogP contribution in [0.3, 0.4) is 0 Å². The molecule has 2 heteroatoms. The standard InChI is InChI=1S/C10H15NS/c1-4-12-10-7-5-9(6-8-10)11(2)3/h5-8H,4H2,1-3H3. The molecule has 0 fully saturated rings. The van der Waals surface area contributed by atoms with Crippen LogP contribution in [0.1, 0.15) is 6.92 Å². The average molecular weight is 181 g/mol. The molecule has 0 saturated heterocycles. The third-order valence-electron chi connectivity index (χ3n) is 1.66. The van der Waals surface area contributed by atoms with E-state index in [4.69, 9.17) is 0 Å². The second kappa shape index (κ2) is 4.41. The van der Waals surface area contributed by atoms with Crippen LogP contribution in [0.15, 0.2) is 29.2 Å². The highest BCUT2D eigenvalue weighted by molar-refractivity contribution is 7.99. The van der Waals surface area contributed by atoms with E-state index in [0.29, 0.717) is 0 Å². The summed E-state index contributed by atoms with van der Waals surface area (Å²) in [5.74, 6) is 1.14. The molecule has 0 N–H and O–H groups in total. The number of hydrogen-bond acceptors (Lipinski definition) is 2. The Morgan fingerprint density at radius 3 is 2.17 bits per heavy atom. The highest BCUT2D eigenvalue weighted by Gasteiger charge is 1.94. The predicted molar refractivity (Wildman–Crippen MR) is 57.2 cm³/mol. The SMILES string of the molecule is CCSc1ccc(N(C)C)cc1. The van der Waals surface area contributed by atoms with Crippen molar-refractivity contribution in [2.24, 2.45) is 0 Å². The highest BCUT2D eigenvalue weighted by Crippen LogP contribution is 2.20. The molecule has 0 atom stereocenters. The molecule has 0 spiro atoms. The van der Waals surface area contributed by atoms with Gasteiger partial charge < -0.3 is 4.90 Å². The Labute approximate surface area is 78.8 Å². The van der Waals surface area contributed by atoms with Crippen molar-refractivity contribution in [1.29, 1.82) is 0 Å². The molecule has 0 amide bonds. The first-order valence-electron chi connectivity index (χ1n) is 4.14. The zero-order valence-corrected chi connectivity index (χ0v) is 8.69. The smallest absolute Gasteiger partial charge is 0.0361 e. The molecule has 0 aliphatic rings. The van der Waals surface area contributed by atoms with Crippen molar-refractivity contribution >= 4 is 17.4 Å². The van der Waals surface area contributed by atoms with E-state index in [-0.39, 0.29) is 0 Å². The van der Waals surface area contributed by atoms with Gasteiger partial charge in [-0.2, -0.15) is 0 Å². The Bertz CT molecular complexity index is 228. The van der Waals surface area contributed by atoms with E-state index >= 15 is 0 Å². The van der Waals surface area contributed by atoms with Crippen LogP contribution in [0.25, 0.3) is 0 Å². The molecule has 0 radical (unpaired) electrons. The fraction of sp³-hybridized carbons (Fsp3) is 0.400. The van der Waals surface area contributed by atoms with E-state index in [9.17, 15) is 0 Å². The van der Waals surface area contributed by atoms with Crippen molar-refractivity contribution in [1.82, 2.24) is 0 Å². The first-order valence-corrected chi connectivity index (χ1v) is 5.12. The second-order valence-corrected chi connectivity index (χ2v) is 4.16. The zero-order chi connectivity index (χ0) is 8.97. The molecule has 0 unspecified atom stereocenters. The monoisotopic (exact) mass is 181 g/mol. The van der Waals surface area contributed by atoms with Gasteiger partial charge in [0.2, 0.25) is 0 Å². The Kier molecular flexibility index (Phi) is 3.48. The molecule has 0 aromatic heterocycles. The van der Waals surface area contributed by atoms with E-state index in [1.54, 1.807) is 0 Å². The lowest BCUT2D eigenvalue weighted by molar-refractivity contribution is 1.13. The molecular formula is C10H15NS. The molecule has 1 aromatic carbocycles. The van der Waals surface area contributed by atoms with Crippen LogP contribution >= 0.6 is 11.8 Å². The summed E-state index contributed by atoms with van der Waals surface area (Å²) in [6, 6.07) is 8.64. The molecule has 66 valence electrons. The number of anilines is 1. The predicted octanol–water partition coefficient (Wildman–Crippen LogP) is 2.86. The van der Waals surface area contributed by atoms with E-state index in [2.05, 4.69) is 50.2 Å². The Morgan fingerprint density at radius 2 is 1.75 bits per heavy atom. The summed E-state index contributed by atoms with van der Waals surface area (Å²) >= 11 is 1.88. The van der Waals surface area contributed by atoms with Gasteiger partial charge >= 0.3 is 0 Å². The summed E-state index contributed by atoms with van der Waals surface area (Å²) in [5, 5.41) is 0. The van der Waals surface area contributed by atoms with Gasteiger partial charge in [-0.3, -0.25) is 0 Å². The number of hydrogen-bond donors (Lipinski definition) is 0. The van der Waals surface area contributed by atoms with Crippen LogP contribution in [0.2, 0.25) is 0 Å². The van der Waals surface area contributed by atoms with Gasteiger partial charge in [-0.15, -0.1) is 11.8 Å². The van der Waals surface area contributed by atoms with Crippen molar-refractivity contribution in [2.75, 3.05) is 24.7 Å². The molecule has 0 saturated carbocycles. The van der Waals surface area contributed by atoms with Crippen LogP contribution < -0.4 is 4.90 Å². The van der Waals surface area contributed by atoms with E-state index in [1.807, 2.05) is 11.8 Å². The summed E-state index contributed by atoms with van der Waals surface area (Å²) < 4.78 is 0. The maximum atomic E-state index is 2.17. The first-order chi connectivity index (χ1) is 5.74. The van der Waals surface area contributed by atoms with Gasteiger partial charge in [-0.25, -0.2) is 0 Å². The van der Waals surface area contributed by atoms with Gasteiger partial charge in [-0.1, -0.05) is 6.92 Å².